The highest BCUT2D eigenvalue weighted by Crippen LogP contribution is 2.16. The lowest BCUT2D eigenvalue weighted by Gasteiger charge is -2.32. The van der Waals surface area contributed by atoms with Crippen molar-refractivity contribution < 1.29 is 4.79 Å². The molecule has 0 aromatic carbocycles. The Morgan fingerprint density at radius 3 is 3.05 bits per heavy atom. The summed E-state index contributed by atoms with van der Waals surface area (Å²) in [5, 5.41) is 3.36. The van der Waals surface area contributed by atoms with Gasteiger partial charge in [0.2, 0.25) is 0 Å². The molecule has 1 aromatic rings. The smallest absolute Gasteiger partial charge is 0.314 e. The molecular formula is C13H21N5O. The first-order valence-corrected chi connectivity index (χ1v) is 6.70. The molecule has 0 spiro atoms. The zero-order valence-corrected chi connectivity index (χ0v) is 11.5. The van der Waals surface area contributed by atoms with Crippen molar-refractivity contribution >= 4 is 11.8 Å². The molecule has 1 saturated heterocycles. The highest BCUT2D eigenvalue weighted by Gasteiger charge is 2.22. The highest BCUT2D eigenvalue weighted by molar-refractivity contribution is 5.72. The Kier molecular flexibility index (Phi) is 4.19. The lowest BCUT2D eigenvalue weighted by molar-refractivity contribution is 0.192. The van der Waals surface area contributed by atoms with E-state index in [0.717, 1.165) is 31.0 Å². The van der Waals surface area contributed by atoms with Gasteiger partial charge in [0.25, 0.3) is 0 Å². The SMILES string of the molecule is CC(C)c1nccc(N[C@@H]2CCCN(C(N)=O)C2)n1. The van der Waals surface area contributed by atoms with Crippen LogP contribution in [0.5, 0.6) is 0 Å². The van der Waals surface area contributed by atoms with Crippen molar-refractivity contribution in [3.63, 3.8) is 0 Å². The van der Waals surface area contributed by atoms with Crippen molar-refractivity contribution in [2.45, 2.75) is 38.6 Å². The average molecular weight is 263 g/mol. The number of hydrogen-bond acceptors (Lipinski definition) is 4. The van der Waals surface area contributed by atoms with Gasteiger partial charge < -0.3 is 16.0 Å². The summed E-state index contributed by atoms with van der Waals surface area (Å²) < 4.78 is 0. The van der Waals surface area contributed by atoms with E-state index in [-0.39, 0.29) is 12.1 Å². The van der Waals surface area contributed by atoms with Crippen LogP contribution in [0.25, 0.3) is 0 Å². The molecule has 3 N–H and O–H groups in total. The quantitative estimate of drug-likeness (QED) is 0.866. The summed E-state index contributed by atoms with van der Waals surface area (Å²) in [6, 6.07) is 1.71. The number of piperidine rings is 1. The standard InChI is InChI=1S/C13H21N5O/c1-9(2)12-15-6-5-11(17-12)16-10-4-3-7-18(8-10)13(14)19/h5-6,9-10H,3-4,7-8H2,1-2H3,(H2,14,19)(H,15,16,17)/t10-/m1/s1. The van der Waals surface area contributed by atoms with Crippen molar-refractivity contribution in [2.24, 2.45) is 5.73 Å². The van der Waals surface area contributed by atoms with Gasteiger partial charge in [0.1, 0.15) is 11.6 Å². The molecule has 104 valence electrons. The topological polar surface area (TPSA) is 84.1 Å². The third-order valence-corrected chi connectivity index (χ3v) is 3.28. The summed E-state index contributed by atoms with van der Waals surface area (Å²) in [5.74, 6) is 1.94. The van der Waals surface area contributed by atoms with Crippen LogP contribution in [0.1, 0.15) is 38.4 Å². The Labute approximate surface area is 113 Å². The number of aromatic nitrogens is 2. The summed E-state index contributed by atoms with van der Waals surface area (Å²) in [6.45, 7) is 5.51. The molecular weight excluding hydrogens is 242 g/mol. The molecule has 1 fully saturated rings. The maximum absolute atomic E-state index is 11.2. The van der Waals surface area contributed by atoms with Gasteiger partial charge in [-0.1, -0.05) is 13.8 Å². The maximum atomic E-state index is 11.2. The second kappa shape index (κ2) is 5.86. The molecule has 6 heteroatoms. The minimum atomic E-state index is -0.350. The van der Waals surface area contributed by atoms with Gasteiger partial charge in [0.15, 0.2) is 0 Å². The number of hydrogen-bond donors (Lipinski definition) is 2. The molecule has 0 saturated carbocycles. The normalized spacial score (nSPS) is 19.5. The van der Waals surface area contributed by atoms with E-state index in [1.54, 1.807) is 11.1 Å². The summed E-state index contributed by atoms with van der Waals surface area (Å²) >= 11 is 0. The van der Waals surface area contributed by atoms with Crippen LogP contribution in [-0.2, 0) is 0 Å². The fraction of sp³-hybridized carbons (Fsp3) is 0.615. The number of carbonyl (C=O) groups is 1. The van der Waals surface area contributed by atoms with Gasteiger partial charge in [-0.25, -0.2) is 14.8 Å². The van der Waals surface area contributed by atoms with Gasteiger partial charge in [-0.3, -0.25) is 0 Å². The Morgan fingerprint density at radius 2 is 2.37 bits per heavy atom. The Bertz CT molecular complexity index is 448. The van der Waals surface area contributed by atoms with Crippen molar-refractivity contribution in [3.05, 3.63) is 18.1 Å². The largest absolute Gasteiger partial charge is 0.365 e. The van der Waals surface area contributed by atoms with Crippen LogP contribution >= 0.6 is 0 Å². The molecule has 2 rings (SSSR count). The molecule has 2 amide bonds. The fourth-order valence-electron chi connectivity index (χ4n) is 2.24. The minimum Gasteiger partial charge on any atom is -0.365 e. The summed E-state index contributed by atoms with van der Waals surface area (Å²) in [7, 11) is 0. The minimum absolute atomic E-state index is 0.205. The third-order valence-electron chi connectivity index (χ3n) is 3.28. The zero-order valence-electron chi connectivity index (χ0n) is 11.5. The lowest BCUT2D eigenvalue weighted by atomic mass is 10.1. The van der Waals surface area contributed by atoms with Gasteiger partial charge >= 0.3 is 6.03 Å². The van der Waals surface area contributed by atoms with E-state index >= 15 is 0 Å². The number of rotatable bonds is 3. The second-order valence-electron chi connectivity index (χ2n) is 5.22. The van der Waals surface area contributed by atoms with Crippen LogP contribution in [0.3, 0.4) is 0 Å². The number of carbonyl (C=O) groups excluding carboxylic acids is 1. The van der Waals surface area contributed by atoms with E-state index in [1.165, 1.54) is 0 Å². The van der Waals surface area contributed by atoms with Crippen molar-refractivity contribution in [1.82, 2.24) is 14.9 Å². The van der Waals surface area contributed by atoms with Crippen molar-refractivity contribution in [3.8, 4) is 0 Å². The van der Waals surface area contributed by atoms with Crippen LogP contribution in [0.4, 0.5) is 10.6 Å². The first-order chi connectivity index (χ1) is 9.06. The molecule has 2 heterocycles. The first-order valence-electron chi connectivity index (χ1n) is 6.70. The number of amides is 2. The molecule has 1 aliphatic heterocycles. The van der Waals surface area contributed by atoms with Gasteiger partial charge in [-0.2, -0.15) is 0 Å². The van der Waals surface area contributed by atoms with Crippen LogP contribution in [0, 0.1) is 0 Å². The van der Waals surface area contributed by atoms with Crippen LogP contribution in [0.15, 0.2) is 12.3 Å². The van der Waals surface area contributed by atoms with Gasteiger partial charge in [-0.15, -0.1) is 0 Å². The second-order valence-corrected chi connectivity index (χ2v) is 5.22. The average Bonchev–Trinajstić information content (AvgIpc) is 2.39. The molecule has 0 aliphatic carbocycles. The summed E-state index contributed by atoms with van der Waals surface area (Å²) in [6.07, 6.45) is 3.74. The van der Waals surface area contributed by atoms with Crippen molar-refractivity contribution in [1.29, 1.82) is 0 Å². The number of primary amides is 1. The van der Waals surface area contributed by atoms with E-state index in [0.29, 0.717) is 12.5 Å². The summed E-state index contributed by atoms with van der Waals surface area (Å²) in [4.78, 5) is 21.6. The predicted molar refractivity (Wildman–Crippen MR) is 73.9 cm³/mol. The van der Waals surface area contributed by atoms with Gasteiger partial charge in [0.05, 0.1) is 0 Å². The monoisotopic (exact) mass is 263 g/mol. The lowest BCUT2D eigenvalue weighted by Crippen LogP contribution is -2.47. The molecule has 1 aromatic heterocycles. The van der Waals surface area contributed by atoms with Crippen molar-refractivity contribution in [2.75, 3.05) is 18.4 Å². The van der Waals surface area contributed by atoms with E-state index in [9.17, 15) is 4.79 Å². The van der Waals surface area contributed by atoms with Crippen LogP contribution < -0.4 is 11.1 Å². The number of anilines is 1. The number of likely N-dealkylation sites (tertiary alicyclic amines) is 1. The Hall–Kier alpha value is -1.85. The zero-order chi connectivity index (χ0) is 13.8. The number of nitrogens with two attached hydrogens (primary N) is 1. The van der Waals surface area contributed by atoms with E-state index in [1.807, 2.05) is 6.07 Å². The molecule has 1 aliphatic rings. The molecule has 0 unspecified atom stereocenters. The first kappa shape index (κ1) is 13.6. The molecule has 1 atom stereocenters. The van der Waals surface area contributed by atoms with Gasteiger partial charge in [0, 0.05) is 31.2 Å². The Balaban J connectivity index is 2.00. The van der Waals surface area contributed by atoms with Gasteiger partial charge in [-0.05, 0) is 18.9 Å². The predicted octanol–water partition coefficient (Wildman–Crippen LogP) is 1.55. The van der Waals surface area contributed by atoms with Crippen LogP contribution in [0.2, 0.25) is 0 Å². The maximum Gasteiger partial charge on any atom is 0.314 e. The highest BCUT2D eigenvalue weighted by atomic mass is 16.2. The van der Waals surface area contributed by atoms with E-state index in [4.69, 9.17) is 5.73 Å². The molecule has 0 bridgehead atoms. The third kappa shape index (κ3) is 3.56. The van der Waals surface area contributed by atoms with E-state index in [2.05, 4.69) is 29.1 Å². The van der Waals surface area contributed by atoms with E-state index < -0.39 is 0 Å². The molecule has 6 nitrogen and oxygen atoms in total. The number of urea groups is 1. The fourth-order valence-corrected chi connectivity index (χ4v) is 2.24. The molecule has 19 heavy (non-hydrogen) atoms. The molecule has 0 radical (unpaired) electrons. The summed E-state index contributed by atoms with van der Waals surface area (Å²) in [5.41, 5.74) is 5.32. The Morgan fingerprint density at radius 1 is 1.58 bits per heavy atom. The van der Waals surface area contributed by atoms with Crippen LogP contribution in [-0.4, -0.2) is 40.0 Å². The number of nitrogens with one attached hydrogen (secondary N) is 1. The number of nitrogens with zero attached hydrogens (tertiary/aromatic N) is 3.